The zero-order valence-corrected chi connectivity index (χ0v) is 16.4. The van der Waals surface area contributed by atoms with Gasteiger partial charge in [-0.25, -0.2) is 4.79 Å². The van der Waals surface area contributed by atoms with E-state index >= 15 is 0 Å². The topological polar surface area (TPSA) is 89.7 Å². The van der Waals surface area contributed by atoms with E-state index in [0.717, 1.165) is 24.5 Å². The Morgan fingerprint density at radius 1 is 1.21 bits per heavy atom. The molecule has 24 heavy (non-hydrogen) atoms. The Labute approximate surface area is 165 Å². The molecule has 2 aromatic carbocycles. The van der Waals surface area contributed by atoms with Gasteiger partial charge in [-0.3, -0.25) is 10.1 Å². The van der Waals surface area contributed by atoms with Crippen molar-refractivity contribution in [1.29, 1.82) is 0 Å². The van der Waals surface area contributed by atoms with Crippen LogP contribution in [-0.4, -0.2) is 16.0 Å². The van der Waals surface area contributed by atoms with Crippen LogP contribution in [0, 0.1) is 17.3 Å². The van der Waals surface area contributed by atoms with Gasteiger partial charge in [-0.1, -0.05) is 12.1 Å². The van der Waals surface area contributed by atoms with Gasteiger partial charge in [0.25, 0.3) is 0 Å². The molecule has 8 heteroatoms. The molecule has 6 nitrogen and oxygen atoms in total. The monoisotopic (exact) mass is 551 g/mol. The molecule has 2 aromatic rings. The lowest BCUT2D eigenvalue weighted by Gasteiger charge is -2.11. The Morgan fingerprint density at radius 2 is 1.79 bits per heavy atom. The Bertz CT molecular complexity index is 780. The van der Waals surface area contributed by atoms with Gasteiger partial charge in [0.1, 0.15) is 12.4 Å². The van der Waals surface area contributed by atoms with Crippen LogP contribution in [-0.2, 0) is 6.61 Å². The van der Waals surface area contributed by atoms with Crippen molar-refractivity contribution in [1.82, 2.24) is 0 Å². The quantitative estimate of drug-likeness (QED) is 0.327. The molecule has 0 radical (unpaired) electrons. The molecule has 0 fully saturated rings. The summed E-state index contributed by atoms with van der Waals surface area (Å²) in [5.41, 5.74) is 1.80. The lowest BCUT2D eigenvalue weighted by Crippen LogP contribution is -2.01. The molecule has 0 aromatic heterocycles. The van der Waals surface area contributed by atoms with E-state index in [9.17, 15) is 14.9 Å². The summed E-state index contributed by atoms with van der Waals surface area (Å²) in [6.45, 7) is 0.302. The summed E-state index contributed by atoms with van der Waals surface area (Å²) in [5.74, 6) is -0.276. The van der Waals surface area contributed by atoms with Crippen LogP contribution < -0.4 is 4.74 Å². The van der Waals surface area contributed by atoms with Crippen LogP contribution in [0.4, 0.5) is 0 Å². The number of carbonyl (C=O) groups is 1. The molecule has 0 aliphatic rings. The van der Waals surface area contributed by atoms with E-state index in [1.807, 2.05) is 0 Å². The van der Waals surface area contributed by atoms with Crippen molar-refractivity contribution in [2.24, 2.45) is 0 Å². The summed E-state index contributed by atoms with van der Waals surface area (Å²) in [4.78, 5) is 20.7. The molecule has 0 atom stereocenters. The van der Waals surface area contributed by atoms with E-state index in [4.69, 9.17) is 9.84 Å². The zero-order valence-electron chi connectivity index (χ0n) is 12.1. The maximum atomic E-state index is 10.8. The van der Waals surface area contributed by atoms with Gasteiger partial charge in [0.05, 0.1) is 17.6 Å². The van der Waals surface area contributed by atoms with Gasteiger partial charge in [0.2, 0.25) is 6.20 Å². The fourth-order valence-electron chi connectivity index (χ4n) is 1.86. The van der Waals surface area contributed by atoms with Gasteiger partial charge in [-0.05, 0) is 80.6 Å². The van der Waals surface area contributed by atoms with E-state index in [2.05, 4.69) is 45.2 Å². The highest BCUT2D eigenvalue weighted by atomic mass is 127. The van der Waals surface area contributed by atoms with Crippen LogP contribution >= 0.6 is 45.2 Å². The number of rotatable bonds is 6. The first-order valence-electron chi connectivity index (χ1n) is 6.62. The first-order valence-corrected chi connectivity index (χ1v) is 8.78. The van der Waals surface area contributed by atoms with E-state index in [0.29, 0.717) is 12.4 Å². The van der Waals surface area contributed by atoms with Crippen molar-refractivity contribution in [3.63, 3.8) is 0 Å². The molecule has 2 rings (SSSR count). The van der Waals surface area contributed by atoms with Crippen LogP contribution in [0.2, 0.25) is 0 Å². The molecule has 0 spiro atoms. The summed E-state index contributed by atoms with van der Waals surface area (Å²) in [6.07, 6.45) is 2.32. The molecule has 0 amide bonds. The van der Waals surface area contributed by atoms with Crippen molar-refractivity contribution < 1.29 is 19.6 Å². The molecule has 124 valence electrons. The van der Waals surface area contributed by atoms with Crippen molar-refractivity contribution in [3.05, 3.63) is 76.5 Å². The van der Waals surface area contributed by atoms with Crippen molar-refractivity contribution in [2.75, 3.05) is 0 Å². The van der Waals surface area contributed by atoms with E-state index in [-0.39, 0.29) is 5.56 Å². The van der Waals surface area contributed by atoms with Gasteiger partial charge >= 0.3 is 5.97 Å². The summed E-state index contributed by atoms with van der Waals surface area (Å²) in [5, 5.41) is 19.3. The standard InChI is InChI=1S/C16H11I2NO5/c17-13-7-11(5-6-19(22)23)8-14(18)15(13)24-9-10-1-3-12(4-2-10)16(20)21/h1-8H,9H2,(H,20,21)/b6-5+. The van der Waals surface area contributed by atoms with Crippen molar-refractivity contribution in [3.8, 4) is 5.75 Å². The number of nitrogens with zero attached hydrogens (tertiary/aromatic N) is 1. The molecule has 0 aliphatic heterocycles. The lowest BCUT2D eigenvalue weighted by atomic mass is 10.1. The molecule has 0 saturated carbocycles. The Balaban J connectivity index is 2.12. The lowest BCUT2D eigenvalue weighted by molar-refractivity contribution is -0.400. The van der Waals surface area contributed by atoms with Crippen LogP contribution in [0.5, 0.6) is 5.75 Å². The average molecular weight is 551 g/mol. The zero-order chi connectivity index (χ0) is 17.7. The smallest absolute Gasteiger partial charge is 0.335 e. The number of nitro groups is 1. The molecule has 1 N–H and O–H groups in total. The highest BCUT2D eigenvalue weighted by Gasteiger charge is 2.09. The van der Waals surface area contributed by atoms with E-state index in [1.54, 1.807) is 24.3 Å². The van der Waals surface area contributed by atoms with Crippen LogP contribution in [0.1, 0.15) is 21.5 Å². The second-order valence-electron chi connectivity index (χ2n) is 4.71. The van der Waals surface area contributed by atoms with E-state index in [1.165, 1.54) is 18.2 Å². The fourth-order valence-corrected chi connectivity index (χ4v) is 3.99. The number of hydrogen-bond donors (Lipinski definition) is 1. The van der Waals surface area contributed by atoms with Gasteiger partial charge < -0.3 is 9.84 Å². The molecule has 0 saturated heterocycles. The Morgan fingerprint density at radius 3 is 2.29 bits per heavy atom. The highest BCUT2D eigenvalue weighted by molar-refractivity contribution is 14.1. The molecule has 0 bridgehead atoms. The second kappa shape index (κ2) is 8.42. The predicted molar refractivity (Wildman–Crippen MR) is 106 cm³/mol. The summed E-state index contributed by atoms with van der Waals surface area (Å²) < 4.78 is 7.49. The van der Waals surface area contributed by atoms with Gasteiger partial charge in [0, 0.05) is 6.08 Å². The normalized spacial score (nSPS) is 10.8. The Hall–Kier alpha value is -1.69. The number of benzene rings is 2. The van der Waals surface area contributed by atoms with Crippen molar-refractivity contribution in [2.45, 2.75) is 6.61 Å². The van der Waals surface area contributed by atoms with Gasteiger partial charge in [-0.15, -0.1) is 0 Å². The maximum absolute atomic E-state index is 10.8. The van der Waals surface area contributed by atoms with Crippen molar-refractivity contribution >= 4 is 57.2 Å². The third kappa shape index (κ3) is 5.16. The van der Waals surface area contributed by atoms with Crippen LogP contribution in [0.25, 0.3) is 6.08 Å². The third-order valence-corrected chi connectivity index (χ3v) is 4.60. The molecular formula is C16H11I2NO5. The number of hydrogen-bond acceptors (Lipinski definition) is 4. The fraction of sp³-hybridized carbons (Fsp3) is 0.0625. The summed E-state index contributed by atoms with van der Waals surface area (Å²) in [6, 6.07) is 10.1. The first-order chi connectivity index (χ1) is 11.4. The molecular weight excluding hydrogens is 540 g/mol. The molecule has 0 heterocycles. The first kappa shape index (κ1) is 18.6. The molecule has 0 aliphatic carbocycles. The number of aromatic carboxylic acids is 1. The third-order valence-electron chi connectivity index (χ3n) is 2.99. The summed E-state index contributed by atoms with van der Waals surface area (Å²) in [7, 11) is 0. The average Bonchev–Trinajstić information content (AvgIpc) is 2.52. The number of ether oxygens (including phenoxy) is 1. The van der Waals surface area contributed by atoms with Gasteiger partial charge in [0.15, 0.2) is 0 Å². The minimum absolute atomic E-state index is 0.227. The summed E-state index contributed by atoms with van der Waals surface area (Å²) >= 11 is 4.23. The molecule has 0 unspecified atom stereocenters. The number of carboxylic acids is 1. The largest absolute Gasteiger partial charge is 0.487 e. The van der Waals surface area contributed by atoms with E-state index < -0.39 is 10.9 Å². The second-order valence-corrected chi connectivity index (χ2v) is 7.03. The van der Waals surface area contributed by atoms with Crippen LogP contribution in [0.15, 0.2) is 42.6 Å². The minimum atomic E-state index is -0.968. The Kier molecular flexibility index (Phi) is 6.54. The van der Waals surface area contributed by atoms with Crippen LogP contribution in [0.3, 0.4) is 0 Å². The number of carboxylic acid groups (broad SMARTS) is 1. The SMILES string of the molecule is O=C(O)c1ccc(COc2c(I)cc(/C=C/[N+](=O)[O-])cc2I)cc1. The van der Waals surface area contributed by atoms with Gasteiger partial charge in [-0.2, -0.15) is 0 Å². The maximum Gasteiger partial charge on any atom is 0.335 e. The minimum Gasteiger partial charge on any atom is -0.487 e. The number of halogens is 2. The highest BCUT2D eigenvalue weighted by Crippen LogP contribution is 2.30. The predicted octanol–water partition coefficient (Wildman–Crippen LogP) is 4.42.